The number of nitro benzene ring substituents is 1. The van der Waals surface area contributed by atoms with E-state index in [2.05, 4.69) is 0 Å². The molecule has 100 valence electrons. The summed E-state index contributed by atoms with van der Waals surface area (Å²) in [6, 6.07) is 4.59. The minimum Gasteiger partial charge on any atom is -0.392 e. The van der Waals surface area contributed by atoms with Crippen LogP contribution in [0.2, 0.25) is 0 Å². The highest BCUT2D eigenvalue weighted by molar-refractivity contribution is 5.57. The van der Waals surface area contributed by atoms with Crippen molar-refractivity contribution < 1.29 is 14.8 Å². The van der Waals surface area contributed by atoms with Gasteiger partial charge in [0.25, 0.3) is 5.69 Å². The molecule has 0 bridgehead atoms. The zero-order valence-electron chi connectivity index (χ0n) is 10.8. The number of non-ortho nitro benzene ring substituents is 1. The molecule has 0 saturated carbocycles. The molecule has 6 nitrogen and oxygen atoms in total. The lowest BCUT2D eigenvalue weighted by Gasteiger charge is -2.28. The number of rotatable bonds is 6. The van der Waals surface area contributed by atoms with E-state index in [-0.39, 0.29) is 18.3 Å². The van der Waals surface area contributed by atoms with Crippen LogP contribution in [-0.2, 0) is 11.3 Å². The predicted molar refractivity (Wildman–Crippen MR) is 68.8 cm³/mol. The molecule has 0 amide bonds. The molecule has 0 radical (unpaired) electrons. The van der Waals surface area contributed by atoms with Crippen LogP contribution >= 0.6 is 0 Å². The van der Waals surface area contributed by atoms with Crippen molar-refractivity contribution in [2.24, 2.45) is 0 Å². The molecule has 6 heteroatoms. The first-order valence-electron chi connectivity index (χ1n) is 5.61. The fourth-order valence-corrected chi connectivity index (χ4v) is 1.75. The van der Waals surface area contributed by atoms with Crippen molar-refractivity contribution >= 4 is 11.4 Å². The number of nitro groups is 1. The van der Waals surface area contributed by atoms with Crippen molar-refractivity contribution in [3.63, 3.8) is 0 Å². The van der Waals surface area contributed by atoms with Gasteiger partial charge in [0.2, 0.25) is 0 Å². The first-order chi connectivity index (χ1) is 8.51. The van der Waals surface area contributed by atoms with Crippen molar-refractivity contribution in [3.05, 3.63) is 33.9 Å². The van der Waals surface area contributed by atoms with Crippen LogP contribution in [0.4, 0.5) is 11.4 Å². The molecule has 1 N–H and O–H groups in total. The Balaban J connectivity index is 3.05. The van der Waals surface area contributed by atoms with Gasteiger partial charge in [-0.25, -0.2) is 0 Å². The molecular formula is C12H18N2O4. The zero-order chi connectivity index (χ0) is 13.7. The van der Waals surface area contributed by atoms with Crippen LogP contribution in [0.1, 0.15) is 12.5 Å². The lowest BCUT2D eigenvalue weighted by atomic mass is 10.1. The molecule has 0 aliphatic carbocycles. The van der Waals surface area contributed by atoms with Gasteiger partial charge in [0.15, 0.2) is 0 Å². The standard InChI is InChI=1S/C12H18N2O4/c1-9(8-18-3)13(2)12-5-4-11(14(16)17)6-10(12)7-15/h4-6,9,15H,7-8H2,1-3H3. The van der Waals surface area contributed by atoms with E-state index in [9.17, 15) is 15.2 Å². The zero-order valence-corrected chi connectivity index (χ0v) is 10.8. The summed E-state index contributed by atoms with van der Waals surface area (Å²) < 4.78 is 5.07. The van der Waals surface area contributed by atoms with Crippen molar-refractivity contribution in [2.45, 2.75) is 19.6 Å². The smallest absolute Gasteiger partial charge is 0.269 e. The highest BCUT2D eigenvalue weighted by Gasteiger charge is 2.16. The largest absolute Gasteiger partial charge is 0.392 e. The average Bonchev–Trinajstić information content (AvgIpc) is 2.37. The van der Waals surface area contributed by atoms with E-state index >= 15 is 0 Å². The molecule has 0 aromatic heterocycles. The molecule has 0 aliphatic heterocycles. The molecule has 1 aromatic carbocycles. The van der Waals surface area contributed by atoms with E-state index in [0.717, 1.165) is 5.69 Å². The van der Waals surface area contributed by atoms with Crippen molar-refractivity contribution in [3.8, 4) is 0 Å². The number of hydrogen-bond acceptors (Lipinski definition) is 5. The van der Waals surface area contributed by atoms with Gasteiger partial charge in [-0.15, -0.1) is 0 Å². The van der Waals surface area contributed by atoms with Crippen LogP contribution in [0.5, 0.6) is 0 Å². The maximum Gasteiger partial charge on any atom is 0.269 e. The Hall–Kier alpha value is -1.66. The first kappa shape index (κ1) is 14.4. The molecule has 0 aliphatic rings. The van der Waals surface area contributed by atoms with Gasteiger partial charge in [-0.3, -0.25) is 10.1 Å². The normalized spacial score (nSPS) is 12.2. The van der Waals surface area contributed by atoms with Crippen molar-refractivity contribution in [2.75, 3.05) is 25.7 Å². The monoisotopic (exact) mass is 254 g/mol. The van der Waals surface area contributed by atoms with Crippen LogP contribution in [-0.4, -0.2) is 36.8 Å². The summed E-state index contributed by atoms with van der Waals surface area (Å²) >= 11 is 0. The summed E-state index contributed by atoms with van der Waals surface area (Å²) in [5.74, 6) is 0. The molecule has 1 aromatic rings. The minimum absolute atomic E-state index is 0.0180. The van der Waals surface area contributed by atoms with E-state index < -0.39 is 4.92 Å². The van der Waals surface area contributed by atoms with Gasteiger partial charge in [0.1, 0.15) is 0 Å². The first-order valence-corrected chi connectivity index (χ1v) is 5.61. The molecule has 0 spiro atoms. The number of hydrogen-bond donors (Lipinski definition) is 1. The second-order valence-electron chi connectivity index (χ2n) is 4.14. The van der Waals surface area contributed by atoms with E-state index in [1.807, 2.05) is 18.9 Å². The molecule has 18 heavy (non-hydrogen) atoms. The fourth-order valence-electron chi connectivity index (χ4n) is 1.75. The summed E-state index contributed by atoms with van der Waals surface area (Å²) in [4.78, 5) is 12.1. The van der Waals surface area contributed by atoms with Gasteiger partial charge in [0.05, 0.1) is 18.1 Å². The van der Waals surface area contributed by atoms with Gasteiger partial charge in [0, 0.05) is 43.6 Å². The van der Waals surface area contributed by atoms with Gasteiger partial charge in [-0.2, -0.15) is 0 Å². The number of likely N-dealkylation sites (N-methyl/N-ethyl adjacent to an activating group) is 1. The van der Waals surface area contributed by atoms with Crippen LogP contribution in [0, 0.1) is 10.1 Å². The highest BCUT2D eigenvalue weighted by Crippen LogP contribution is 2.26. The quantitative estimate of drug-likeness (QED) is 0.616. The summed E-state index contributed by atoms with van der Waals surface area (Å²) in [6.45, 7) is 2.28. The van der Waals surface area contributed by atoms with Crippen LogP contribution < -0.4 is 4.90 Å². The third-order valence-electron chi connectivity index (χ3n) is 2.89. The van der Waals surface area contributed by atoms with E-state index in [1.165, 1.54) is 12.1 Å². The summed E-state index contributed by atoms with van der Waals surface area (Å²) in [6.07, 6.45) is 0. The van der Waals surface area contributed by atoms with Gasteiger partial charge >= 0.3 is 0 Å². The second-order valence-corrected chi connectivity index (χ2v) is 4.14. The molecular weight excluding hydrogens is 236 g/mol. The molecule has 0 heterocycles. The van der Waals surface area contributed by atoms with Crippen molar-refractivity contribution in [1.29, 1.82) is 0 Å². The van der Waals surface area contributed by atoms with E-state index in [0.29, 0.717) is 12.2 Å². The minimum atomic E-state index is -0.471. The Morgan fingerprint density at radius 3 is 2.72 bits per heavy atom. The topological polar surface area (TPSA) is 75.8 Å². The molecule has 1 rings (SSSR count). The van der Waals surface area contributed by atoms with Gasteiger partial charge in [-0.1, -0.05) is 0 Å². The third kappa shape index (κ3) is 3.18. The SMILES string of the molecule is COCC(C)N(C)c1ccc([N+](=O)[O-])cc1CO. The number of anilines is 1. The number of ether oxygens (including phenoxy) is 1. The summed E-state index contributed by atoms with van der Waals surface area (Å²) in [5, 5.41) is 20.0. The fraction of sp³-hybridized carbons (Fsp3) is 0.500. The Morgan fingerprint density at radius 2 is 2.22 bits per heavy atom. The Morgan fingerprint density at radius 1 is 1.56 bits per heavy atom. The van der Waals surface area contributed by atoms with Crippen LogP contribution in [0.15, 0.2) is 18.2 Å². The highest BCUT2D eigenvalue weighted by atomic mass is 16.6. The molecule has 1 unspecified atom stereocenters. The van der Waals surface area contributed by atoms with Gasteiger partial charge in [-0.05, 0) is 13.0 Å². The Labute approximate surface area is 106 Å². The number of methoxy groups -OCH3 is 1. The van der Waals surface area contributed by atoms with Crippen LogP contribution in [0.25, 0.3) is 0 Å². The van der Waals surface area contributed by atoms with E-state index in [4.69, 9.17) is 4.74 Å². The molecule has 1 atom stereocenters. The van der Waals surface area contributed by atoms with Crippen LogP contribution in [0.3, 0.4) is 0 Å². The third-order valence-corrected chi connectivity index (χ3v) is 2.89. The number of nitrogens with zero attached hydrogens (tertiary/aromatic N) is 2. The molecule has 0 fully saturated rings. The average molecular weight is 254 g/mol. The summed E-state index contributed by atoms with van der Waals surface area (Å²) in [7, 11) is 3.48. The maximum absolute atomic E-state index is 10.7. The predicted octanol–water partition coefficient (Wildman–Crippen LogP) is 1.56. The van der Waals surface area contributed by atoms with Crippen molar-refractivity contribution in [1.82, 2.24) is 0 Å². The number of benzene rings is 1. The lowest BCUT2D eigenvalue weighted by Crippen LogP contribution is -2.33. The lowest BCUT2D eigenvalue weighted by molar-refractivity contribution is -0.384. The molecule has 0 saturated heterocycles. The van der Waals surface area contributed by atoms with Gasteiger partial charge < -0.3 is 14.7 Å². The Bertz CT molecular complexity index is 423. The maximum atomic E-state index is 10.7. The summed E-state index contributed by atoms with van der Waals surface area (Å²) in [5.41, 5.74) is 1.29. The number of aliphatic hydroxyl groups excluding tert-OH is 1. The van der Waals surface area contributed by atoms with E-state index in [1.54, 1.807) is 13.2 Å². The second kappa shape index (κ2) is 6.32. The Kier molecular flexibility index (Phi) is 5.06. The number of aliphatic hydroxyl groups is 1.